The molecule has 0 aliphatic carbocycles. The molecule has 1 aliphatic heterocycles. The number of nitrogens with zero attached hydrogens (tertiary/aromatic N) is 2. The zero-order valence-corrected chi connectivity index (χ0v) is 17.0. The smallest absolute Gasteiger partial charge is 0.300 e. The molecule has 1 aliphatic rings. The Morgan fingerprint density at radius 2 is 1.61 bits per heavy atom. The van der Waals surface area contributed by atoms with Crippen LogP contribution in [0.3, 0.4) is 0 Å². The number of hydrogen-bond donors (Lipinski definition) is 1. The molecule has 1 unspecified atom stereocenters. The molecule has 1 amide bonds. The number of pyridine rings is 1. The summed E-state index contributed by atoms with van der Waals surface area (Å²) in [5.41, 5.74) is 1.54. The van der Waals surface area contributed by atoms with Crippen LogP contribution in [0.15, 0.2) is 78.6 Å². The SMILES string of the molecule is COc1ccc(/C(O)=C2\C(=O)C(=O)N(c3cccc(OC)c3)C2c2ccncc2)cc1. The maximum absolute atomic E-state index is 13.1. The van der Waals surface area contributed by atoms with E-state index in [4.69, 9.17) is 9.47 Å². The van der Waals surface area contributed by atoms with Crippen molar-refractivity contribution in [1.82, 2.24) is 4.98 Å². The first kappa shape index (κ1) is 20.2. The molecular weight excluding hydrogens is 396 g/mol. The van der Waals surface area contributed by atoms with Crippen molar-refractivity contribution >= 4 is 23.1 Å². The predicted octanol–water partition coefficient (Wildman–Crippen LogP) is 3.73. The third-order valence-electron chi connectivity index (χ3n) is 5.16. The van der Waals surface area contributed by atoms with Crippen molar-refractivity contribution in [3.8, 4) is 11.5 Å². The zero-order chi connectivity index (χ0) is 22.0. The van der Waals surface area contributed by atoms with Crippen molar-refractivity contribution < 1.29 is 24.2 Å². The molecule has 1 fully saturated rings. The summed E-state index contributed by atoms with van der Waals surface area (Å²) in [6, 6.07) is 16.1. The van der Waals surface area contributed by atoms with Gasteiger partial charge < -0.3 is 14.6 Å². The van der Waals surface area contributed by atoms with Gasteiger partial charge in [0.2, 0.25) is 0 Å². The Kier molecular flexibility index (Phi) is 5.41. The number of aliphatic hydroxyl groups excluding tert-OH is 1. The lowest BCUT2D eigenvalue weighted by Crippen LogP contribution is -2.29. The quantitative estimate of drug-likeness (QED) is 0.387. The molecule has 0 saturated carbocycles. The molecule has 4 rings (SSSR count). The average Bonchev–Trinajstić information content (AvgIpc) is 3.09. The largest absolute Gasteiger partial charge is 0.507 e. The van der Waals surface area contributed by atoms with Gasteiger partial charge in [-0.25, -0.2) is 0 Å². The lowest BCUT2D eigenvalue weighted by molar-refractivity contribution is -0.132. The molecule has 1 atom stereocenters. The summed E-state index contributed by atoms with van der Waals surface area (Å²) in [5.74, 6) is -0.599. The molecule has 0 spiro atoms. The van der Waals surface area contributed by atoms with Gasteiger partial charge in [-0.3, -0.25) is 19.5 Å². The molecular formula is C24H20N2O5. The van der Waals surface area contributed by atoms with E-state index in [1.54, 1.807) is 73.1 Å². The van der Waals surface area contributed by atoms with Crippen molar-refractivity contribution in [3.05, 3.63) is 89.8 Å². The maximum Gasteiger partial charge on any atom is 0.300 e. The minimum absolute atomic E-state index is 0.00388. The van der Waals surface area contributed by atoms with Gasteiger partial charge in [0.25, 0.3) is 11.7 Å². The lowest BCUT2D eigenvalue weighted by Gasteiger charge is -2.25. The van der Waals surface area contributed by atoms with E-state index in [1.807, 2.05) is 0 Å². The number of ether oxygens (including phenoxy) is 2. The Bertz CT molecular complexity index is 1160. The van der Waals surface area contributed by atoms with Gasteiger partial charge in [0, 0.05) is 29.7 Å². The fourth-order valence-electron chi connectivity index (χ4n) is 3.62. The van der Waals surface area contributed by atoms with Crippen molar-refractivity contribution in [2.24, 2.45) is 0 Å². The van der Waals surface area contributed by atoms with Crippen molar-refractivity contribution in [2.75, 3.05) is 19.1 Å². The van der Waals surface area contributed by atoms with Gasteiger partial charge in [-0.1, -0.05) is 6.07 Å². The van der Waals surface area contributed by atoms with Crippen LogP contribution in [-0.4, -0.2) is 36.0 Å². The monoisotopic (exact) mass is 416 g/mol. The van der Waals surface area contributed by atoms with E-state index < -0.39 is 17.7 Å². The van der Waals surface area contributed by atoms with Crippen LogP contribution in [0.5, 0.6) is 11.5 Å². The van der Waals surface area contributed by atoms with Crippen LogP contribution in [0, 0.1) is 0 Å². The molecule has 7 nitrogen and oxygen atoms in total. The van der Waals surface area contributed by atoms with Gasteiger partial charge in [-0.2, -0.15) is 0 Å². The number of carbonyl (C=O) groups excluding carboxylic acids is 2. The number of ketones is 1. The normalized spacial score (nSPS) is 17.6. The van der Waals surface area contributed by atoms with E-state index in [0.717, 1.165) is 0 Å². The fourth-order valence-corrected chi connectivity index (χ4v) is 3.62. The summed E-state index contributed by atoms with van der Waals surface area (Å²) >= 11 is 0. The highest BCUT2D eigenvalue weighted by molar-refractivity contribution is 6.51. The van der Waals surface area contributed by atoms with E-state index >= 15 is 0 Å². The number of rotatable bonds is 5. The second-order valence-corrected chi connectivity index (χ2v) is 6.88. The van der Waals surface area contributed by atoms with Gasteiger partial charge in [-0.05, 0) is 54.1 Å². The van der Waals surface area contributed by atoms with Crippen LogP contribution in [-0.2, 0) is 9.59 Å². The number of amides is 1. The number of hydrogen-bond acceptors (Lipinski definition) is 6. The van der Waals surface area contributed by atoms with Gasteiger partial charge >= 0.3 is 0 Å². The molecule has 31 heavy (non-hydrogen) atoms. The van der Waals surface area contributed by atoms with Crippen molar-refractivity contribution in [1.29, 1.82) is 0 Å². The Morgan fingerprint density at radius 1 is 0.935 bits per heavy atom. The molecule has 0 bridgehead atoms. The highest BCUT2D eigenvalue weighted by Crippen LogP contribution is 2.42. The van der Waals surface area contributed by atoms with Crippen LogP contribution in [0.1, 0.15) is 17.2 Å². The first-order chi connectivity index (χ1) is 15.0. The summed E-state index contributed by atoms with van der Waals surface area (Å²) in [7, 11) is 3.06. The molecule has 1 saturated heterocycles. The number of anilines is 1. The number of aliphatic hydroxyl groups is 1. The number of Topliss-reactive ketones (excluding diaryl/α,β-unsaturated/α-hetero) is 1. The fraction of sp³-hybridized carbons (Fsp3) is 0.125. The summed E-state index contributed by atoms with van der Waals surface area (Å²) in [4.78, 5) is 31.6. The summed E-state index contributed by atoms with van der Waals surface area (Å²) in [6.45, 7) is 0. The van der Waals surface area contributed by atoms with Crippen LogP contribution >= 0.6 is 0 Å². The van der Waals surface area contributed by atoms with E-state index in [0.29, 0.717) is 28.3 Å². The van der Waals surface area contributed by atoms with Crippen LogP contribution in [0.4, 0.5) is 5.69 Å². The predicted molar refractivity (Wildman–Crippen MR) is 115 cm³/mol. The van der Waals surface area contributed by atoms with Crippen LogP contribution in [0.2, 0.25) is 0 Å². The summed E-state index contributed by atoms with van der Waals surface area (Å²) in [6.07, 6.45) is 3.16. The number of aromatic nitrogens is 1. The molecule has 2 heterocycles. The van der Waals surface area contributed by atoms with Crippen LogP contribution < -0.4 is 14.4 Å². The Labute approximate surface area is 179 Å². The second-order valence-electron chi connectivity index (χ2n) is 6.88. The van der Waals surface area contributed by atoms with Gasteiger partial charge in [0.15, 0.2) is 0 Å². The first-order valence-corrected chi connectivity index (χ1v) is 9.54. The highest BCUT2D eigenvalue weighted by Gasteiger charge is 2.47. The molecule has 0 radical (unpaired) electrons. The number of carbonyl (C=O) groups is 2. The third-order valence-corrected chi connectivity index (χ3v) is 5.16. The van der Waals surface area contributed by atoms with Crippen LogP contribution in [0.25, 0.3) is 5.76 Å². The Balaban J connectivity index is 1.91. The van der Waals surface area contributed by atoms with Gasteiger partial charge in [-0.15, -0.1) is 0 Å². The Hall–Kier alpha value is -4.13. The summed E-state index contributed by atoms with van der Waals surface area (Å²) < 4.78 is 10.4. The standard InChI is InChI=1S/C24H20N2O5/c1-30-18-8-6-16(7-9-18)22(27)20-21(15-10-12-25-13-11-15)26(24(29)23(20)28)17-4-3-5-19(14-17)31-2/h3-14,21,27H,1-2H3/b22-20+. The lowest BCUT2D eigenvalue weighted by atomic mass is 9.95. The maximum atomic E-state index is 13.1. The van der Waals surface area contributed by atoms with E-state index in [1.165, 1.54) is 19.1 Å². The molecule has 2 aromatic carbocycles. The summed E-state index contributed by atoms with van der Waals surface area (Å²) in [5, 5.41) is 11.1. The number of benzene rings is 2. The van der Waals surface area contributed by atoms with E-state index in [2.05, 4.69) is 4.98 Å². The number of methoxy groups -OCH3 is 2. The van der Waals surface area contributed by atoms with Gasteiger partial charge in [0.1, 0.15) is 17.3 Å². The molecule has 1 N–H and O–H groups in total. The minimum atomic E-state index is -0.822. The van der Waals surface area contributed by atoms with Crippen molar-refractivity contribution in [2.45, 2.75) is 6.04 Å². The van der Waals surface area contributed by atoms with E-state index in [-0.39, 0.29) is 11.3 Å². The van der Waals surface area contributed by atoms with Crippen molar-refractivity contribution in [3.63, 3.8) is 0 Å². The molecule has 3 aromatic rings. The topological polar surface area (TPSA) is 89.0 Å². The second kappa shape index (κ2) is 8.31. The first-order valence-electron chi connectivity index (χ1n) is 9.54. The average molecular weight is 416 g/mol. The molecule has 1 aromatic heterocycles. The van der Waals surface area contributed by atoms with Gasteiger partial charge in [0.05, 0.1) is 25.8 Å². The zero-order valence-electron chi connectivity index (χ0n) is 17.0. The minimum Gasteiger partial charge on any atom is -0.507 e. The highest BCUT2D eigenvalue weighted by atomic mass is 16.5. The molecule has 156 valence electrons. The van der Waals surface area contributed by atoms with E-state index in [9.17, 15) is 14.7 Å². The Morgan fingerprint density at radius 3 is 2.26 bits per heavy atom. The third kappa shape index (κ3) is 3.61. The molecule has 7 heteroatoms.